The number of esters is 2. The van der Waals surface area contributed by atoms with Crippen LogP contribution in [-0.4, -0.2) is 55.5 Å². The molecule has 0 spiro atoms. The van der Waals surface area contributed by atoms with Crippen molar-refractivity contribution in [1.82, 2.24) is 24.6 Å². The van der Waals surface area contributed by atoms with Crippen LogP contribution in [0.25, 0.3) is 5.78 Å². The minimum Gasteiger partial charge on any atom is -0.465 e. The third kappa shape index (κ3) is 3.68. The van der Waals surface area contributed by atoms with E-state index in [-0.39, 0.29) is 12.1 Å². The Hall–Kier alpha value is -3.56. The van der Waals surface area contributed by atoms with Gasteiger partial charge in [-0.3, -0.25) is 9.59 Å². The lowest BCUT2D eigenvalue weighted by Crippen LogP contribution is -2.26. The molecule has 158 valence electrons. The van der Waals surface area contributed by atoms with Gasteiger partial charge in [-0.15, -0.1) is 0 Å². The van der Waals surface area contributed by atoms with Crippen LogP contribution in [-0.2, 0) is 20.7 Å². The lowest BCUT2D eigenvalue weighted by molar-refractivity contribution is -0.145. The van der Waals surface area contributed by atoms with E-state index in [1.165, 1.54) is 20.4 Å². The fraction of sp³-hybridized carbons (Fsp3) is 0.400. The van der Waals surface area contributed by atoms with Crippen LogP contribution in [0.5, 0.6) is 0 Å². The average molecular weight is 413 g/mol. The van der Waals surface area contributed by atoms with Gasteiger partial charge >= 0.3 is 11.9 Å². The molecule has 3 aromatic heterocycles. The first-order chi connectivity index (χ1) is 14.1. The highest BCUT2D eigenvalue weighted by atomic mass is 16.5. The Morgan fingerprint density at radius 1 is 1.20 bits per heavy atom. The Kier molecular flexibility index (Phi) is 5.68. The Morgan fingerprint density at radius 2 is 1.90 bits per heavy atom. The van der Waals surface area contributed by atoms with Crippen molar-refractivity contribution in [3.63, 3.8) is 0 Å². The second kappa shape index (κ2) is 8.05. The molecule has 0 saturated carbocycles. The molecule has 0 aliphatic carbocycles. The summed E-state index contributed by atoms with van der Waals surface area (Å²) in [5.74, 6) is -1.09. The maximum atomic E-state index is 12.8. The summed E-state index contributed by atoms with van der Waals surface area (Å²) < 4.78 is 11.7. The number of nitrogens with one attached hydrogen (secondary N) is 1. The summed E-state index contributed by atoms with van der Waals surface area (Å²) >= 11 is 0. The Balaban J connectivity index is 1.77. The fourth-order valence-corrected chi connectivity index (χ4v) is 3.46. The van der Waals surface area contributed by atoms with Gasteiger partial charge in [0.25, 0.3) is 5.78 Å². The van der Waals surface area contributed by atoms with E-state index in [9.17, 15) is 14.4 Å². The molecule has 3 aromatic rings. The number of aromatic nitrogens is 5. The number of carbonyl (C=O) groups is 3. The highest BCUT2D eigenvalue weighted by Gasteiger charge is 2.27. The van der Waals surface area contributed by atoms with Crippen molar-refractivity contribution >= 4 is 23.5 Å². The zero-order chi connectivity index (χ0) is 22.2. The first kappa shape index (κ1) is 21.2. The van der Waals surface area contributed by atoms with Gasteiger partial charge in [-0.25, -0.2) is 14.3 Å². The van der Waals surface area contributed by atoms with Crippen molar-refractivity contribution in [2.45, 2.75) is 47.1 Å². The normalized spacial score (nSPS) is 12.1. The number of aryl methyl sites for hydroxylation is 3. The number of methoxy groups -OCH3 is 1. The second-order valence-electron chi connectivity index (χ2n) is 7.02. The van der Waals surface area contributed by atoms with E-state index in [1.54, 1.807) is 25.3 Å². The van der Waals surface area contributed by atoms with Crippen LogP contribution in [0.3, 0.4) is 0 Å². The van der Waals surface area contributed by atoms with E-state index in [0.29, 0.717) is 33.9 Å². The van der Waals surface area contributed by atoms with Crippen LogP contribution < -0.4 is 0 Å². The Morgan fingerprint density at radius 3 is 2.57 bits per heavy atom. The number of nitrogens with zero attached hydrogens (tertiary/aromatic N) is 4. The molecule has 1 N–H and O–H groups in total. The standard InChI is InChI=1S/C20H23N5O5/c1-9-16(19(28)29-6)11(3)23-17(9)18(27)13(5)30-15(26)7-14-10(2)24-20-21-8-22-25(20)12(14)4/h8,13,23H,7H2,1-6H3/t13-/m0/s1. The first-order valence-corrected chi connectivity index (χ1v) is 9.32. The molecular weight excluding hydrogens is 390 g/mol. The van der Waals surface area contributed by atoms with Crippen molar-refractivity contribution in [2.24, 2.45) is 0 Å². The summed E-state index contributed by atoms with van der Waals surface area (Å²) in [6.07, 6.45) is 0.290. The summed E-state index contributed by atoms with van der Waals surface area (Å²) in [7, 11) is 1.27. The average Bonchev–Trinajstić information content (AvgIpc) is 3.27. The van der Waals surface area contributed by atoms with Crippen molar-refractivity contribution < 1.29 is 23.9 Å². The van der Waals surface area contributed by atoms with Crippen molar-refractivity contribution in [2.75, 3.05) is 7.11 Å². The number of hydrogen-bond acceptors (Lipinski definition) is 8. The molecule has 10 nitrogen and oxygen atoms in total. The van der Waals surface area contributed by atoms with Crippen LogP contribution in [0.15, 0.2) is 6.33 Å². The molecule has 30 heavy (non-hydrogen) atoms. The molecule has 0 fully saturated rings. The predicted molar refractivity (Wildman–Crippen MR) is 105 cm³/mol. The maximum Gasteiger partial charge on any atom is 0.339 e. The largest absolute Gasteiger partial charge is 0.465 e. The van der Waals surface area contributed by atoms with Gasteiger partial charge < -0.3 is 14.5 Å². The highest BCUT2D eigenvalue weighted by molar-refractivity contribution is 6.04. The number of hydrogen-bond donors (Lipinski definition) is 1. The van der Waals surface area contributed by atoms with E-state index in [0.717, 1.165) is 5.69 Å². The third-order valence-corrected chi connectivity index (χ3v) is 5.06. The molecular formula is C20H23N5O5. The van der Waals surface area contributed by atoms with Crippen LogP contribution in [0, 0.1) is 27.7 Å². The van der Waals surface area contributed by atoms with Crippen molar-refractivity contribution in [1.29, 1.82) is 0 Å². The SMILES string of the molecule is COC(=O)c1c(C)[nH]c(C(=O)[C@H](C)OC(=O)Cc2c(C)nc3ncnn3c2C)c1C. The molecule has 0 aliphatic rings. The molecule has 3 heterocycles. The minimum atomic E-state index is -1.04. The highest BCUT2D eigenvalue weighted by Crippen LogP contribution is 2.21. The lowest BCUT2D eigenvalue weighted by Gasteiger charge is -2.14. The van der Waals surface area contributed by atoms with E-state index in [4.69, 9.17) is 9.47 Å². The maximum absolute atomic E-state index is 12.8. The number of aromatic amines is 1. The van der Waals surface area contributed by atoms with Gasteiger partial charge in [0.05, 0.1) is 24.8 Å². The molecule has 0 saturated heterocycles. The zero-order valence-electron chi connectivity index (χ0n) is 17.7. The van der Waals surface area contributed by atoms with E-state index < -0.39 is 23.8 Å². The molecule has 1 atom stereocenters. The van der Waals surface area contributed by atoms with Gasteiger partial charge in [0, 0.05) is 22.6 Å². The number of ether oxygens (including phenoxy) is 2. The van der Waals surface area contributed by atoms with Gasteiger partial charge in [-0.05, 0) is 40.2 Å². The number of rotatable bonds is 6. The zero-order valence-corrected chi connectivity index (χ0v) is 17.7. The minimum absolute atomic E-state index is 0.0613. The Labute approximate surface area is 172 Å². The van der Waals surface area contributed by atoms with Crippen LogP contribution in [0.4, 0.5) is 0 Å². The second-order valence-corrected chi connectivity index (χ2v) is 7.02. The molecule has 0 radical (unpaired) electrons. The van der Waals surface area contributed by atoms with Gasteiger partial charge in [0.2, 0.25) is 5.78 Å². The number of H-pyrrole nitrogens is 1. The van der Waals surface area contributed by atoms with E-state index in [1.807, 2.05) is 6.92 Å². The quantitative estimate of drug-likeness (QED) is 0.479. The van der Waals surface area contributed by atoms with Gasteiger partial charge in [0.15, 0.2) is 6.10 Å². The first-order valence-electron chi connectivity index (χ1n) is 9.32. The molecule has 0 aromatic carbocycles. The number of ketones is 1. The summed E-state index contributed by atoms with van der Waals surface area (Å²) in [5, 5.41) is 4.09. The number of fused-ring (bicyclic) bond motifs is 1. The fourth-order valence-electron chi connectivity index (χ4n) is 3.46. The summed E-state index contributed by atoms with van der Waals surface area (Å²) in [6.45, 7) is 8.40. The molecule has 0 bridgehead atoms. The van der Waals surface area contributed by atoms with Crippen LogP contribution in [0.1, 0.15) is 56.0 Å². The van der Waals surface area contributed by atoms with Gasteiger partial charge in [0.1, 0.15) is 6.33 Å². The molecule has 0 unspecified atom stereocenters. The summed E-state index contributed by atoms with van der Waals surface area (Å²) in [4.78, 5) is 48.5. The molecule has 0 amide bonds. The number of Topliss-reactive ketones (excluding diaryl/α,β-unsaturated/α-hetero) is 1. The van der Waals surface area contributed by atoms with E-state index >= 15 is 0 Å². The van der Waals surface area contributed by atoms with Gasteiger partial charge in [-0.2, -0.15) is 10.1 Å². The molecule has 0 aliphatic heterocycles. The summed E-state index contributed by atoms with van der Waals surface area (Å²) in [5.41, 5.74) is 3.52. The topological polar surface area (TPSA) is 129 Å². The third-order valence-electron chi connectivity index (χ3n) is 5.06. The van der Waals surface area contributed by atoms with Crippen LogP contribution >= 0.6 is 0 Å². The smallest absolute Gasteiger partial charge is 0.339 e. The Bertz CT molecular complexity index is 1160. The predicted octanol–water partition coefficient (Wildman–Crippen LogP) is 1.83. The van der Waals surface area contributed by atoms with Gasteiger partial charge in [-0.1, -0.05) is 0 Å². The van der Waals surface area contributed by atoms with E-state index in [2.05, 4.69) is 20.1 Å². The molecule has 10 heteroatoms. The number of carbonyl (C=O) groups excluding carboxylic acids is 3. The van der Waals surface area contributed by atoms with Crippen molar-refractivity contribution in [3.8, 4) is 0 Å². The van der Waals surface area contributed by atoms with Crippen LogP contribution in [0.2, 0.25) is 0 Å². The van der Waals surface area contributed by atoms with Crippen molar-refractivity contribution in [3.05, 3.63) is 45.8 Å². The lowest BCUT2D eigenvalue weighted by atomic mass is 10.1. The molecule has 3 rings (SSSR count). The summed E-state index contributed by atoms with van der Waals surface area (Å²) in [6, 6.07) is 0. The monoisotopic (exact) mass is 413 g/mol.